The van der Waals surface area contributed by atoms with Gasteiger partial charge in [-0.3, -0.25) is 0 Å². The molecule has 1 aliphatic rings. The minimum Gasteiger partial charge on any atom is -0.495 e. The van der Waals surface area contributed by atoms with Crippen LogP contribution in [-0.4, -0.2) is 42.5 Å². The van der Waals surface area contributed by atoms with Crippen molar-refractivity contribution in [1.82, 2.24) is 0 Å². The molecule has 1 saturated heterocycles. The van der Waals surface area contributed by atoms with Crippen LogP contribution < -0.4 is 9.47 Å². The summed E-state index contributed by atoms with van der Waals surface area (Å²) in [6, 6.07) is 3.13. The Hall–Kier alpha value is -1.02. The molecule has 1 aliphatic heterocycles. The summed E-state index contributed by atoms with van der Waals surface area (Å²) in [6.45, 7) is 1.41. The van der Waals surface area contributed by atoms with Crippen LogP contribution >= 0.6 is 10.7 Å². The fraction of sp³-hybridized carbons (Fsp3) is 0.500. The standard InChI is InChI=1S/C12H15ClO6S/c1-16-9-5-8(11-7-18-3-4-19-11)6-10(17-2)12(9)20(13,14)15/h5-6,11H,3-4,7H2,1-2H3/t11-/m0/s1. The minimum atomic E-state index is -3.99. The molecule has 112 valence electrons. The van der Waals surface area contributed by atoms with Crippen molar-refractivity contribution in [3.63, 3.8) is 0 Å². The maximum absolute atomic E-state index is 11.6. The normalized spacial score (nSPS) is 19.6. The molecule has 0 spiro atoms. The first kappa shape index (κ1) is 15.4. The Morgan fingerprint density at radius 3 is 2.20 bits per heavy atom. The van der Waals surface area contributed by atoms with E-state index in [4.69, 9.17) is 29.6 Å². The van der Waals surface area contributed by atoms with Gasteiger partial charge in [0.1, 0.15) is 17.6 Å². The predicted molar refractivity (Wildman–Crippen MR) is 72.1 cm³/mol. The van der Waals surface area contributed by atoms with E-state index >= 15 is 0 Å². The van der Waals surface area contributed by atoms with Crippen molar-refractivity contribution in [3.8, 4) is 11.5 Å². The summed E-state index contributed by atoms with van der Waals surface area (Å²) in [5.74, 6) is 0.229. The van der Waals surface area contributed by atoms with Crippen LogP contribution in [0.2, 0.25) is 0 Å². The lowest BCUT2D eigenvalue weighted by Gasteiger charge is -2.24. The smallest absolute Gasteiger partial charge is 0.268 e. The highest BCUT2D eigenvalue weighted by Gasteiger charge is 2.26. The van der Waals surface area contributed by atoms with Crippen LogP contribution in [0.4, 0.5) is 0 Å². The van der Waals surface area contributed by atoms with E-state index < -0.39 is 9.05 Å². The van der Waals surface area contributed by atoms with Crippen LogP contribution in [0.15, 0.2) is 17.0 Å². The molecule has 1 fully saturated rings. The zero-order chi connectivity index (χ0) is 14.8. The van der Waals surface area contributed by atoms with Crippen molar-refractivity contribution in [1.29, 1.82) is 0 Å². The number of rotatable bonds is 4. The van der Waals surface area contributed by atoms with Crippen molar-refractivity contribution in [2.24, 2.45) is 0 Å². The van der Waals surface area contributed by atoms with Gasteiger partial charge in [-0.1, -0.05) is 0 Å². The number of ether oxygens (including phenoxy) is 4. The van der Waals surface area contributed by atoms with E-state index in [1.807, 2.05) is 0 Å². The molecule has 6 nitrogen and oxygen atoms in total. The first-order valence-electron chi connectivity index (χ1n) is 5.87. The second-order valence-corrected chi connectivity index (χ2v) is 6.63. The highest BCUT2D eigenvalue weighted by Crippen LogP contribution is 2.39. The molecular formula is C12H15ClO6S. The average Bonchev–Trinajstić information content (AvgIpc) is 2.45. The van der Waals surface area contributed by atoms with Crippen molar-refractivity contribution >= 4 is 19.7 Å². The number of hydrogen-bond acceptors (Lipinski definition) is 6. The van der Waals surface area contributed by atoms with Crippen LogP contribution in [0.5, 0.6) is 11.5 Å². The first-order valence-corrected chi connectivity index (χ1v) is 8.18. The third kappa shape index (κ3) is 3.17. The molecule has 1 atom stereocenters. The number of hydrogen-bond donors (Lipinski definition) is 0. The van der Waals surface area contributed by atoms with Crippen LogP contribution in [0, 0.1) is 0 Å². The molecule has 0 amide bonds. The largest absolute Gasteiger partial charge is 0.495 e. The zero-order valence-corrected chi connectivity index (χ0v) is 12.7. The molecule has 0 radical (unpaired) electrons. The quantitative estimate of drug-likeness (QED) is 0.786. The molecule has 0 unspecified atom stereocenters. The average molecular weight is 323 g/mol. The molecule has 0 aromatic heterocycles. The van der Waals surface area contributed by atoms with E-state index in [-0.39, 0.29) is 22.5 Å². The maximum Gasteiger partial charge on any atom is 0.268 e. The van der Waals surface area contributed by atoms with E-state index in [0.717, 1.165) is 0 Å². The first-order chi connectivity index (χ1) is 9.47. The zero-order valence-electron chi connectivity index (χ0n) is 11.1. The predicted octanol–water partition coefficient (Wildman–Crippen LogP) is 1.72. The van der Waals surface area contributed by atoms with Gasteiger partial charge in [0, 0.05) is 10.7 Å². The summed E-state index contributed by atoms with van der Waals surface area (Å²) < 4.78 is 44.4. The van der Waals surface area contributed by atoms with Crippen molar-refractivity contribution in [3.05, 3.63) is 17.7 Å². The molecule has 8 heteroatoms. The second-order valence-electron chi connectivity index (χ2n) is 4.13. The lowest BCUT2D eigenvalue weighted by molar-refractivity contribution is -0.0902. The lowest BCUT2D eigenvalue weighted by atomic mass is 10.1. The van der Waals surface area contributed by atoms with Crippen molar-refractivity contribution < 1.29 is 27.4 Å². The molecule has 0 N–H and O–H groups in total. The topological polar surface area (TPSA) is 71.1 Å². The van der Waals surface area contributed by atoms with Gasteiger partial charge in [-0.2, -0.15) is 0 Å². The number of benzene rings is 1. The van der Waals surface area contributed by atoms with Crippen LogP contribution in [-0.2, 0) is 18.5 Å². The van der Waals surface area contributed by atoms with E-state index in [9.17, 15) is 8.42 Å². The highest BCUT2D eigenvalue weighted by atomic mass is 35.7. The Morgan fingerprint density at radius 1 is 1.20 bits per heavy atom. The Morgan fingerprint density at radius 2 is 1.80 bits per heavy atom. The molecule has 1 heterocycles. The van der Waals surface area contributed by atoms with Crippen LogP contribution in [0.1, 0.15) is 11.7 Å². The van der Waals surface area contributed by atoms with Gasteiger partial charge in [0.25, 0.3) is 9.05 Å². The molecule has 20 heavy (non-hydrogen) atoms. The fourth-order valence-corrected chi connectivity index (χ4v) is 3.23. The van der Waals surface area contributed by atoms with Gasteiger partial charge < -0.3 is 18.9 Å². The van der Waals surface area contributed by atoms with Gasteiger partial charge in [0.05, 0.1) is 34.0 Å². The SMILES string of the molecule is COc1cc([C@@H]2COCCO2)cc(OC)c1S(=O)(=O)Cl. The van der Waals surface area contributed by atoms with Gasteiger partial charge >= 0.3 is 0 Å². The summed E-state index contributed by atoms with van der Waals surface area (Å²) in [5.41, 5.74) is 0.711. The van der Waals surface area contributed by atoms with E-state index in [1.54, 1.807) is 12.1 Å². The van der Waals surface area contributed by atoms with E-state index in [0.29, 0.717) is 25.4 Å². The van der Waals surface area contributed by atoms with Gasteiger partial charge in [-0.15, -0.1) is 0 Å². The summed E-state index contributed by atoms with van der Waals surface area (Å²) >= 11 is 0. The lowest BCUT2D eigenvalue weighted by Crippen LogP contribution is -2.22. The highest BCUT2D eigenvalue weighted by molar-refractivity contribution is 8.13. The molecular weight excluding hydrogens is 308 g/mol. The number of methoxy groups -OCH3 is 2. The Bertz CT molecular complexity index is 555. The summed E-state index contributed by atoms with van der Waals surface area (Å²) in [4.78, 5) is -0.190. The Labute approximate surface area is 122 Å². The maximum atomic E-state index is 11.6. The molecule has 1 aromatic rings. The molecule has 0 saturated carbocycles. The minimum absolute atomic E-state index is 0.114. The van der Waals surface area contributed by atoms with Gasteiger partial charge in [-0.25, -0.2) is 8.42 Å². The number of halogens is 1. The van der Waals surface area contributed by atoms with E-state index in [1.165, 1.54) is 14.2 Å². The molecule has 0 bridgehead atoms. The van der Waals surface area contributed by atoms with Crippen molar-refractivity contribution in [2.45, 2.75) is 11.0 Å². The van der Waals surface area contributed by atoms with Gasteiger partial charge in [0.15, 0.2) is 4.90 Å². The molecule has 1 aromatic carbocycles. The molecule has 2 rings (SSSR count). The summed E-state index contributed by atoms with van der Waals surface area (Å²) in [5, 5.41) is 0. The van der Waals surface area contributed by atoms with Crippen molar-refractivity contribution in [2.75, 3.05) is 34.0 Å². The van der Waals surface area contributed by atoms with E-state index in [2.05, 4.69) is 0 Å². The summed E-state index contributed by atoms with van der Waals surface area (Å²) in [6.07, 6.45) is -0.293. The van der Waals surface area contributed by atoms with Gasteiger partial charge in [-0.05, 0) is 17.7 Å². The summed E-state index contributed by atoms with van der Waals surface area (Å²) in [7, 11) is 4.16. The monoisotopic (exact) mass is 322 g/mol. The Kier molecular flexibility index (Phi) is 4.74. The van der Waals surface area contributed by atoms with Crippen LogP contribution in [0.3, 0.4) is 0 Å². The molecule has 0 aliphatic carbocycles. The second kappa shape index (κ2) is 6.17. The fourth-order valence-electron chi connectivity index (χ4n) is 2.01. The van der Waals surface area contributed by atoms with Gasteiger partial charge in [0.2, 0.25) is 0 Å². The van der Waals surface area contributed by atoms with Crippen LogP contribution in [0.25, 0.3) is 0 Å². The third-order valence-corrected chi connectivity index (χ3v) is 4.27. The Balaban J connectivity index is 2.52. The third-order valence-electron chi connectivity index (χ3n) is 2.91.